The summed E-state index contributed by atoms with van der Waals surface area (Å²) in [5.41, 5.74) is -0.0486. The Morgan fingerprint density at radius 3 is 2.21 bits per heavy atom. The smallest absolute Gasteiger partial charge is 0.100 e. The molecule has 2 heterocycles. The zero-order valence-electron chi connectivity index (χ0n) is 17.3. The second kappa shape index (κ2) is 6.67. The van der Waals surface area contributed by atoms with Crippen molar-refractivity contribution in [1.82, 2.24) is 0 Å². The van der Waals surface area contributed by atoms with Gasteiger partial charge in [0, 0.05) is 13.2 Å². The van der Waals surface area contributed by atoms with Crippen molar-refractivity contribution in [3.05, 3.63) is 0 Å². The van der Waals surface area contributed by atoms with E-state index in [-0.39, 0.29) is 5.60 Å². The van der Waals surface area contributed by atoms with E-state index in [0.29, 0.717) is 35.7 Å². The molecule has 6 rings (SSSR count). The summed E-state index contributed by atoms with van der Waals surface area (Å²) in [6, 6.07) is 0. The normalized spacial score (nSPS) is 60.8. The summed E-state index contributed by atoms with van der Waals surface area (Å²) in [7, 11) is 0. The molecule has 4 heteroatoms. The molecule has 2 saturated heterocycles. The Morgan fingerprint density at radius 1 is 0.714 bits per heavy atom. The van der Waals surface area contributed by atoms with E-state index in [2.05, 4.69) is 6.92 Å². The number of aliphatic hydroxyl groups is 2. The van der Waals surface area contributed by atoms with Crippen LogP contribution < -0.4 is 0 Å². The van der Waals surface area contributed by atoms with Crippen molar-refractivity contribution in [2.24, 2.45) is 47.3 Å². The first-order chi connectivity index (χ1) is 13.6. The van der Waals surface area contributed by atoms with Crippen molar-refractivity contribution in [3.8, 4) is 0 Å². The molecule has 6 fully saturated rings. The average Bonchev–Trinajstić information content (AvgIpc) is 3.29. The largest absolute Gasteiger partial charge is 0.390 e. The minimum atomic E-state index is -0.499. The average molecular weight is 391 g/mol. The van der Waals surface area contributed by atoms with E-state index < -0.39 is 12.2 Å². The summed E-state index contributed by atoms with van der Waals surface area (Å²) in [5.74, 6) is 5.12. The van der Waals surface area contributed by atoms with Gasteiger partial charge in [0.05, 0.1) is 18.3 Å². The molecule has 0 amide bonds. The van der Waals surface area contributed by atoms with E-state index in [1.165, 1.54) is 38.5 Å². The fraction of sp³-hybridized carbons (Fsp3) is 1.00. The Morgan fingerprint density at radius 2 is 1.39 bits per heavy atom. The SMILES string of the molecule is CC1CCCOC12C1OCCC1C1CCC3C4CCC(O)C(O)C4CCC3C12. The van der Waals surface area contributed by atoms with Gasteiger partial charge in [0.1, 0.15) is 5.60 Å². The van der Waals surface area contributed by atoms with Crippen molar-refractivity contribution in [1.29, 1.82) is 0 Å². The Balaban J connectivity index is 1.36. The molecule has 28 heavy (non-hydrogen) atoms. The number of hydrogen-bond acceptors (Lipinski definition) is 4. The zero-order valence-corrected chi connectivity index (χ0v) is 17.3. The van der Waals surface area contributed by atoms with Gasteiger partial charge in [-0.25, -0.2) is 0 Å². The van der Waals surface area contributed by atoms with Crippen LogP contribution in [0.3, 0.4) is 0 Å². The fourth-order valence-electron chi connectivity index (χ4n) is 9.52. The molecule has 4 saturated carbocycles. The third kappa shape index (κ3) is 2.32. The Labute approximate surface area is 169 Å². The van der Waals surface area contributed by atoms with Gasteiger partial charge in [0.15, 0.2) is 0 Å². The molecule has 0 aromatic rings. The van der Waals surface area contributed by atoms with E-state index in [9.17, 15) is 10.2 Å². The maximum absolute atomic E-state index is 10.7. The van der Waals surface area contributed by atoms with E-state index in [0.717, 1.165) is 50.2 Å². The highest BCUT2D eigenvalue weighted by atomic mass is 16.6. The Bertz CT molecular complexity index is 609. The lowest BCUT2D eigenvalue weighted by molar-refractivity contribution is -0.220. The molecule has 0 radical (unpaired) electrons. The van der Waals surface area contributed by atoms with Crippen LogP contribution in [0.25, 0.3) is 0 Å². The Kier molecular flexibility index (Phi) is 4.43. The van der Waals surface area contributed by atoms with Crippen LogP contribution in [0.1, 0.15) is 64.7 Å². The maximum Gasteiger partial charge on any atom is 0.100 e. The molecule has 2 N–H and O–H groups in total. The zero-order chi connectivity index (χ0) is 19.0. The van der Waals surface area contributed by atoms with Crippen molar-refractivity contribution >= 4 is 0 Å². The number of rotatable bonds is 0. The van der Waals surface area contributed by atoms with E-state index in [1.54, 1.807) is 0 Å². The number of ether oxygens (including phenoxy) is 2. The van der Waals surface area contributed by atoms with E-state index >= 15 is 0 Å². The standard InChI is InChI=1S/C24H38O4/c1-13-3-2-11-28-24(13)21-16-6-7-18-15(8-9-20(25)22(18)26)14(16)4-5-17(21)19-10-12-27-23(19)24/h13-23,25-26H,2-12H2,1H3. The van der Waals surface area contributed by atoms with Gasteiger partial charge in [-0.15, -0.1) is 0 Å². The maximum atomic E-state index is 10.7. The quantitative estimate of drug-likeness (QED) is 0.666. The molecule has 4 aliphatic carbocycles. The highest BCUT2D eigenvalue weighted by molar-refractivity contribution is 5.18. The second-order valence-electron chi connectivity index (χ2n) is 11.1. The summed E-state index contributed by atoms with van der Waals surface area (Å²) < 4.78 is 13.3. The first kappa shape index (κ1) is 18.6. The van der Waals surface area contributed by atoms with Gasteiger partial charge in [-0.05, 0) is 105 Å². The van der Waals surface area contributed by atoms with Crippen LogP contribution in [0.2, 0.25) is 0 Å². The second-order valence-corrected chi connectivity index (χ2v) is 11.1. The molecule has 0 bridgehead atoms. The van der Waals surface area contributed by atoms with Gasteiger partial charge >= 0.3 is 0 Å². The predicted octanol–water partition coefficient (Wildman–Crippen LogP) is 3.39. The van der Waals surface area contributed by atoms with Crippen molar-refractivity contribution in [2.75, 3.05) is 13.2 Å². The van der Waals surface area contributed by atoms with Crippen molar-refractivity contribution in [2.45, 2.75) is 88.6 Å². The topological polar surface area (TPSA) is 58.9 Å². The highest BCUT2D eigenvalue weighted by Crippen LogP contribution is 2.67. The van der Waals surface area contributed by atoms with Gasteiger partial charge in [-0.1, -0.05) is 6.92 Å². The minimum absolute atomic E-state index is 0.0486. The van der Waals surface area contributed by atoms with Gasteiger partial charge in [-0.3, -0.25) is 0 Å². The molecule has 12 unspecified atom stereocenters. The van der Waals surface area contributed by atoms with Crippen LogP contribution in [0, 0.1) is 47.3 Å². The van der Waals surface area contributed by atoms with Gasteiger partial charge in [-0.2, -0.15) is 0 Å². The molecule has 2 aliphatic heterocycles. The lowest BCUT2D eigenvalue weighted by atomic mass is 9.50. The summed E-state index contributed by atoms with van der Waals surface area (Å²) in [6.45, 7) is 4.28. The summed E-state index contributed by atoms with van der Waals surface area (Å²) in [4.78, 5) is 0. The van der Waals surface area contributed by atoms with Crippen LogP contribution in [0.15, 0.2) is 0 Å². The minimum Gasteiger partial charge on any atom is -0.390 e. The molecule has 1 spiro atoms. The highest BCUT2D eigenvalue weighted by Gasteiger charge is 2.69. The van der Waals surface area contributed by atoms with Crippen molar-refractivity contribution < 1.29 is 19.7 Å². The predicted molar refractivity (Wildman–Crippen MR) is 106 cm³/mol. The van der Waals surface area contributed by atoms with E-state index in [1.807, 2.05) is 0 Å². The van der Waals surface area contributed by atoms with Gasteiger partial charge in [0.25, 0.3) is 0 Å². The van der Waals surface area contributed by atoms with Crippen LogP contribution in [0.5, 0.6) is 0 Å². The van der Waals surface area contributed by atoms with Crippen LogP contribution in [-0.4, -0.2) is 47.3 Å². The molecule has 6 aliphatic rings. The Hall–Kier alpha value is -0.160. The third-order valence-electron chi connectivity index (χ3n) is 10.4. The van der Waals surface area contributed by atoms with Gasteiger partial charge < -0.3 is 19.7 Å². The molecule has 158 valence electrons. The monoisotopic (exact) mass is 390 g/mol. The molecular weight excluding hydrogens is 352 g/mol. The lowest BCUT2D eigenvalue weighted by Gasteiger charge is -2.58. The number of aliphatic hydroxyl groups excluding tert-OH is 2. The number of hydrogen-bond donors (Lipinski definition) is 2. The van der Waals surface area contributed by atoms with Crippen LogP contribution >= 0.6 is 0 Å². The first-order valence-corrected chi connectivity index (χ1v) is 12.2. The summed E-state index contributed by atoms with van der Waals surface area (Å²) in [6.07, 6.45) is 9.89. The first-order valence-electron chi connectivity index (χ1n) is 12.2. The van der Waals surface area contributed by atoms with Crippen LogP contribution in [-0.2, 0) is 9.47 Å². The van der Waals surface area contributed by atoms with E-state index in [4.69, 9.17) is 9.47 Å². The molecule has 0 aromatic heterocycles. The molecule has 0 aromatic carbocycles. The molecule has 12 atom stereocenters. The van der Waals surface area contributed by atoms with Crippen molar-refractivity contribution in [3.63, 3.8) is 0 Å². The molecular formula is C24H38O4. The van der Waals surface area contributed by atoms with Gasteiger partial charge in [0.2, 0.25) is 0 Å². The fourth-order valence-corrected chi connectivity index (χ4v) is 9.52. The van der Waals surface area contributed by atoms with Crippen LogP contribution in [0.4, 0.5) is 0 Å². The number of fused-ring (bicyclic) bond motifs is 9. The molecule has 4 nitrogen and oxygen atoms in total. The summed E-state index contributed by atoms with van der Waals surface area (Å²) in [5, 5.41) is 20.9. The lowest BCUT2D eigenvalue weighted by Crippen LogP contribution is -2.60. The summed E-state index contributed by atoms with van der Waals surface area (Å²) >= 11 is 0. The third-order valence-corrected chi connectivity index (χ3v) is 10.4.